The van der Waals surface area contributed by atoms with Gasteiger partial charge in [-0.25, -0.2) is 9.37 Å². The van der Waals surface area contributed by atoms with Gasteiger partial charge >= 0.3 is 0 Å². The Hall–Kier alpha value is -2.94. The Morgan fingerprint density at radius 1 is 1.35 bits per heavy atom. The Kier molecular flexibility index (Phi) is 3.91. The minimum absolute atomic E-state index is 0.00813. The molecule has 1 aromatic heterocycles. The summed E-state index contributed by atoms with van der Waals surface area (Å²) in [6.45, 7) is 0. The molecule has 0 spiro atoms. The van der Waals surface area contributed by atoms with Crippen molar-refractivity contribution in [3.63, 3.8) is 0 Å². The number of pyridine rings is 1. The maximum atomic E-state index is 14.0. The van der Waals surface area contributed by atoms with E-state index in [1.54, 1.807) is 24.3 Å². The van der Waals surface area contributed by atoms with E-state index < -0.39 is 11.7 Å². The molecule has 20 heavy (non-hydrogen) atoms. The summed E-state index contributed by atoms with van der Waals surface area (Å²) >= 11 is 0. The third-order valence-corrected chi connectivity index (χ3v) is 2.67. The fourth-order valence-corrected chi connectivity index (χ4v) is 1.67. The summed E-state index contributed by atoms with van der Waals surface area (Å²) in [5.74, 6) is -1.38. The molecule has 100 valence electrons. The van der Waals surface area contributed by atoms with Gasteiger partial charge in [0.1, 0.15) is 6.07 Å². The Labute approximate surface area is 115 Å². The fourth-order valence-electron chi connectivity index (χ4n) is 1.67. The van der Waals surface area contributed by atoms with Crippen LogP contribution in [0.2, 0.25) is 0 Å². The number of nitrogens with zero attached hydrogens (tertiary/aromatic N) is 2. The van der Waals surface area contributed by atoms with E-state index in [-0.39, 0.29) is 11.4 Å². The van der Waals surface area contributed by atoms with E-state index in [0.717, 1.165) is 0 Å². The molecular weight excluding hydrogens is 259 g/mol. The monoisotopic (exact) mass is 270 g/mol. The van der Waals surface area contributed by atoms with Crippen LogP contribution in [0.1, 0.15) is 15.9 Å². The van der Waals surface area contributed by atoms with Crippen LogP contribution < -0.4 is 10.6 Å². The van der Waals surface area contributed by atoms with E-state index in [2.05, 4.69) is 15.6 Å². The van der Waals surface area contributed by atoms with Gasteiger partial charge in [0.05, 0.1) is 16.8 Å². The first-order valence-corrected chi connectivity index (χ1v) is 5.80. The number of nitriles is 1. The summed E-state index contributed by atoms with van der Waals surface area (Å²) in [5, 5.41) is 14.0. The number of carbonyl (C=O) groups excluding carboxylic acids is 1. The lowest BCUT2D eigenvalue weighted by Gasteiger charge is -2.09. The number of nitrogens with one attached hydrogen (secondary N) is 2. The number of hydrogen-bond acceptors (Lipinski definition) is 4. The first-order valence-electron chi connectivity index (χ1n) is 5.80. The molecule has 0 fully saturated rings. The summed E-state index contributed by atoms with van der Waals surface area (Å²) in [7, 11) is 1.51. The highest BCUT2D eigenvalue weighted by Gasteiger charge is 2.16. The van der Waals surface area contributed by atoms with Crippen molar-refractivity contribution in [1.29, 1.82) is 5.26 Å². The Morgan fingerprint density at radius 3 is 2.80 bits per heavy atom. The molecule has 0 aliphatic rings. The maximum Gasteiger partial charge on any atom is 0.258 e. The van der Waals surface area contributed by atoms with Crippen LogP contribution in [-0.4, -0.2) is 17.9 Å². The average molecular weight is 270 g/mol. The number of aromatic nitrogens is 1. The van der Waals surface area contributed by atoms with E-state index in [9.17, 15) is 9.18 Å². The van der Waals surface area contributed by atoms with Gasteiger partial charge in [-0.3, -0.25) is 4.79 Å². The third-order valence-electron chi connectivity index (χ3n) is 2.67. The smallest absolute Gasteiger partial charge is 0.258 e. The normalized spacial score (nSPS) is 9.65. The summed E-state index contributed by atoms with van der Waals surface area (Å²) < 4.78 is 14.0. The number of anilines is 2. The highest BCUT2D eigenvalue weighted by Crippen LogP contribution is 2.18. The summed E-state index contributed by atoms with van der Waals surface area (Å²) in [5.41, 5.74) is 0.503. The minimum Gasteiger partial charge on any atom is -0.371 e. The zero-order valence-corrected chi connectivity index (χ0v) is 10.6. The molecule has 2 N–H and O–H groups in total. The van der Waals surface area contributed by atoms with Gasteiger partial charge in [-0.1, -0.05) is 12.1 Å². The Balaban J connectivity index is 2.32. The molecule has 0 aliphatic carbocycles. The first kappa shape index (κ1) is 13.5. The molecule has 2 rings (SSSR count). The highest BCUT2D eigenvalue weighted by atomic mass is 19.1. The molecule has 1 amide bonds. The predicted molar refractivity (Wildman–Crippen MR) is 72.9 cm³/mol. The number of amides is 1. The second-order valence-corrected chi connectivity index (χ2v) is 3.88. The molecule has 0 bridgehead atoms. The van der Waals surface area contributed by atoms with Crippen molar-refractivity contribution in [2.75, 3.05) is 17.7 Å². The van der Waals surface area contributed by atoms with Gasteiger partial charge in [-0.2, -0.15) is 5.26 Å². The van der Waals surface area contributed by atoms with Gasteiger partial charge in [0, 0.05) is 13.2 Å². The van der Waals surface area contributed by atoms with Crippen LogP contribution in [0.4, 0.5) is 15.9 Å². The number of halogens is 1. The van der Waals surface area contributed by atoms with Crippen molar-refractivity contribution >= 4 is 17.4 Å². The quantitative estimate of drug-likeness (QED) is 0.897. The molecule has 0 saturated heterocycles. The lowest BCUT2D eigenvalue weighted by Crippen LogP contribution is -2.15. The maximum absolute atomic E-state index is 14.0. The van der Waals surface area contributed by atoms with Crippen LogP contribution in [0, 0.1) is 17.1 Å². The second-order valence-electron chi connectivity index (χ2n) is 3.88. The fraction of sp³-hybridized carbons (Fsp3) is 0.0714. The molecule has 1 aromatic carbocycles. The van der Waals surface area contributed by atoms with Gasteiger partial charge in [0.2, 0.25) is 0 Å². The van der Waals surface area contributed by atoms with Crippen molar-refractivity contribution in [3.05, 3.63) is 53.5 Å². The summed E-state index contributed by atoms with van der Waals surface area (Å²) in [6.07, 6.45) is 1.33. The van der Waals surface area contributed by atoms with Crippen molar-refractivity contribution in [2.45, 2.75) is 0 Å². The second kappa shape index (κ2) is 5.80. The van der Waals surface area contributed by atoms with Crippen LogP contribution in [0.3, 0.4) is 0 Å². The largest absolute Gasteiger partial charge is 0.371 e. The number of para-hydroxylation sites is 1. The van der Waals surface area contributed by atoms with E-state index in [1.165, 1.54) is 19.3 Å². The number of rotatable bonds is 3. The van der Waals surface area contributed by atoms with Gasteiger partial charge in [-0.05, 0) is 18.2 Å². The third kappa shape index (κ3) is 2.57. The van der Waals surface area contributed by atoms with Crippen LogP contribution in [-0.2, 0) is 0 Å². The van der Waals surface area contributed by atoms with Crippen molar-refractivity contribution in [2.24, 2.45) is 0 Å². The van der Waals surface area contributed by atoms with Gasteiger partial charge in [-0.15, -0.1) is 0 Å². The molecule has 2 aromatic rings. The van der Waals surface area contributed by atoms with Crippen LogP contribution >= 0.6 is 0 Å². The van der Waals surface area contributed by atoms with Gasteiger partial charge in [0.15, 0.2) is 11.6 Å². The summed E-state index contributed by atoms with van der Waals surface area (Å²) in [6, 6.07) is 9.74. The Bertz CT molecular complexity index is 694. The average Bonchev–Trinajstić information content (AvgIpc) is 2.48. The van der Waals surface area contributed by atoms with Gasteiger partial charge in [0.25, 0.3) is 5.91 Å². The van der Waals surface area contributed by atoms with Gasteiger partial charge < -0.3 is 10.6 Å². The molecule has 0 saturated carbocycles. The van der Waals surface area contributed by atoms with Crippen molar-refractivity contribution in [1.82, 2.24) is 4.98 Å². The zero-order chi connectivity index (χ0) is 14.5. The van der Waals surface area contributed by atoms with E-state index in [0.29, 0.717) is 11.3 Å². The van der Waals surface area contributed by atoms with Crippen LogP contribution in [0.5, 0.6) is 0 Å². The number of benzene rings is 1. The van der Waals surface area contributed by atoms with Crippen molar-refractivity contribution in [3.8, 4) is 6.07 Å². The lowest BCUT2D eigenvalue weighted by atomic mass is 10.1. The topological polar surface area (TPSA) is 77.8 Å². The van der Waals surface area contributed by atoms with E-state index in [4.69, 9.17) is 5.26 Å². The summed E-state index contributed by atoms with van der Waals surface area (Å²) in [4.78, 5) is 15.8. The van der Waals surface area contributed by atoms with E-state index in [1.807, 2.05) is 6.07 Å². The molecule has 6 heteroatoms. The van der Waals surface area contributed by atoms with E-state index >= 15 is 0 Å². The lowest BCUT2D eigenvalue weighted by molar-refractivity contribution is 0.102. The molecule has 5 nitrogen and oxygen atoms in total. The molecular formula is C14H11FN4O. The Morgan fingerprint density at radius 2 is 2.10 bits per heavy atom. The minimum atomic E-state index is -0.734. The SMILES string of the molecule is CNc1nccc(C(=O)Nc2ccccc2C#N)c1F. The number of carbonyl (C=O) groups is 1. The van der Waals surface area contributed by atoms with Crippen LogP contribution in [0.25, 0.3) is 0 Å². The standard InChI is InChI=1S/C14H11FN4O/c1-17-13-12(15)10(6-7-18-13)14(20)19-11-5-3-2-4-9(11)8-16/h2-7H,1H3,(H,17,18)(H,19,20). The molecule has 0 radical (unpaired) electrons. The molecule has 0 atom stereocenters. The molecule has 0 aliphatic heterocycles. The van der Waals surface area contributed by atoms with Crippen LogP contribution in [0.15, 0.2) is 36.5 Å². The van der Waals surface area contributed by atoms with Crippen molar-refractivity contribution < 1.29 is 9.18 Å². The first-order chi connectivity index (χ1) is 9.67. The number of hydrogen-bond donors (Lipinski definition) is 2. The zero-order valence-electron chi connectivity index (χ0n) is 10.6. The molecule has 0 unspecified atom stereocenters. The highest BCUT2D eigenvalue weighted by molar-refractivity contribution is 6.05. The predicted octanol–water partition coefficient (Wildman–Crippen LogP) is 2.39. The molecule has 1 heterocycles.